The van der Waals surface area contributed by atoms with Crippen LogP contribution in [-0.2, 0) is 0 Å². The molecule has 2 aliphatic carbocycles. The number of pyridine rings is 1. The Morgan fingerprint density at radius 1 is 1.15 bits per heavy atom. The largest absolute Gasteiger partial charge is 0.506 e. The lowest BCUT2D eigenvalue weighted by Crippen LogP contribution is -2.00. The minimum atomic E-state index is 0.102. The van der Waals surface area contributed by atoms with Gasteiger partial charge in [-0.05, 0) is 61.3 Å². The predicted molar refractivity (Wildman–Crippen MR) is 105 cm³/mol. The number of aromatic hydroxyl groups is 1. The zero-order valence-corrected chi connectivity index (χ0v) is 15.8. The number of rotatable bonds is 5. The maximum Gasteiger partial charge on any atom is 0.217 e. The molecule has 0 atom stereocenters. The topological polar surface area (TPSA) is 42.4 Å². The molecule has 0 spiro atoms. The number of benzene rings is 1. The molecule has 1 aromatic heterocycles. The molecule has 0 amide bonds. The summed E-state index contributed by atoms with van der Waals surface area (Å²) in [6, 6.07) is 9.63. The van der Waals surface area contributed by atoms with E-state index in [1.54, 1.807) is 13.2 Å². The van der Waals surface area contributed by atoms with Crippen LogP contribution < -0.4 is 4.74 Å². The van der Waals surface area contributed by atoms with E-state index in [1.807, 2.05) is 12.1 Å². The second kappa shape index (κ2) is 7.32. The van der Waals surface area contributed by atoms with Crippen molar-refractivity contribution in [2.45, 2.75) is 44.4 Å². The third-order valence-electron chi connectivity index (χ3n) is 5.44. The smallest absolute Gasteiger partial charge is 0.217 e. The van der Waals surface area contributed by atoms with Crippen molar-refractivity contribution < 1.29 is 9.84 Å². The van der Waals surface area contributed by atoms with Gasteiger partial charge in [-0.25, -0.2) is 4.98 Å². The molecule has 2 aliphatic rings. The average Bonchev–Trinajstić information content (AvgIpc) is 3.37. The Labute approximate surface area is 159 Å². The molecule has 1 aromatic carbocycles. The van der Waals surface area contributed by atoms with E-state index in [4.69, 9.17) is 21.3 Å². The first kappa shape index (κ1) is 17.4. The number of hydrogen-bond donors (Lipinski definition) is 1. The molecule has 0 saturated heterocycles. The normalized spacial score (nSPS) is 18.3. The number of hydrogen-bond acceptors (Lipinski definition) is 3. The molecule has 1 N–H and O–H groups in total. The third kappa shape index (κ3) is 3.59. The molecule has 2 aromatic rings. The second-order valence-electron chi connectivity index (χ2n) is 7.36. The minimum Gasteiger partial charge on any atom is -0.506 e. The van der Waals surface area contributed by atoms with Crippen molar-refractivity contribution in [1.82, 2.24) is 4.98 Å². The van der Waals surface area contributed by atoms with Crippen molar-refractivity contribution in [1.29, 1.82) is 0 Å². The van der Waals surface area contributed by atoms with E-state index < -0.39 is 0 Å². The number of halogens is 1. The average molecular weight is 370 g/mol. The Morgan fingerprint density at radius 3 is 2.58 bits per heavy atom. The van der Waals surface area contributed by atoms with E-state index in [2.05, 4.69) is 18.2 Å². The fourth-order valence-corrected chi connectivity index (χ4v) is 4.01. The maximum atomic E-state index is 9.78. The lowest BCUT2D eigenvalue weighted by molar-refractivity contribution is 0.392. The van der Waals surface area contributed by atoms with E-state index in [-0.39, 0.29) is 5.75 Å². The fourth-order valence-electron chi connectivity index (χ4n) is 3.83. The molecule has 0 aliphatic heterocycles. The van der Waals surface area contributed by atoms with Gasteiger partial charge in [0.1, 0.15) is 5.75 Å². The van der Waals surface area contributed by atoms with Crippen LogP contribution in [0.15, 0.2) is 36.4 Å². The highest BCUT2D eigenvalue weighted by Crippen LogP contribution is 2.44. The Bertz CT molecular complexity index is 836. The van der Waals surface area contributed by atoms with Crippen LogP contribution in [-0.4, -0.2) is 17.2 Å². The number of nitrogens with zero attached hydrogens (tertiary/aromatic N) is 1. The van der Waals surface area contributed by atoms with Gasteiger partial charge in [-0.2, -0.15) is 0 Å². The van der Waals surface area contributed by atoms with E-state index in [0.717, 1.165) is 22.7 Å². The van der Waals surface area contributed by atoms with Crippen LogP contribution in [0.2, 0.25) is 5.02 Å². The van der Waals surface area contributed by atoms with E-state index in [9.17, 15) is 5.11 Å². The molecule has 2 fully saturated rings. The van der Waals surface area contributed by atoms with Gasteiger partial charge in [-0.1, -0.05) is 42.7 Å². The first-order valence-electron chi connectivity index (χ1n) is 9.41. The first-order valence-corrected chi connectivity index (χ1v) is 9.79. The van der Waals surface area contributed by atoms with Crippen LogP contribution in [0.25, 0.3) is 5.57 Å². The molecule has 0 bridgehead atoms. The summed E-state index contributed by atoms with van der Waals surface area (Å²) in [6.45, 7) is 0. The van der Waals surface area contributed by atoms with Crippen LogP contribution in [0.5, 0.6) is 11.6 Å². The highest BCUT2D eigenvalue weighted by atomic mass is 35.5. The fraction of sp³-hybridized carbons (Fsp3) is 0.409. The lowest BCUT2D eigenvalue weighted by Gasteiger charge is -2.14. The van der Waals surface area contributed by atoms with Gasteiger partial charge < -0.3 is 9.84 Å². The minimum absolute atomic E-state index is 0.102. The summed E-state index contributed by atoms with van der Waals surface area (Å²) in [6.07, 6.45) is 9.75. The third-order valence-corrected chi connectivity index (χ3v) is 5.74. The van der Waals surface area contributed by atoms with Crippen LogP contribution in [0, 0.1) is 5.92 Å². The van der Waals surface area contributed by atoms with Crippen LogP contribution in [0.4, 0.5) is 0 Å². The Hall–Kier alpha value is -2.00. The highest BCUT2D eigenvalue weighted by molar-refractivity contribution is 6.32. The van der Waals surface area contributed by atoms with E-state index in [1.165, 1.54) is 44.1 Å². The van der Waals surface area contributed by atoms with Gasteiger partial charge in [-0.15, -0.1) is 0 Å². The molecule has 2 saturated carbocycles. The number of aromatic nitrogens is 1. The Balaban J connectivity index is 1.78. The van der Waals surface area contributed by atoms with Gasteiger partial charge in [0.05, 0.1) is 17.8 Å². The van der Waals surface area contributed by atoms with Crippen LogP contribution >= 0.6 is 11.6 Å². The van der Waals surface area contributed by atoms with Gasteiger partial charge in [0.25, 0.3) is 0 Å². The summed E-state index contributed by atoms with van der Waals surface area (Å²) < 4.78 is 5.58. The van der Waals surface area contributed by atoms with Gasteiger partial charge in [0.2, 0.25) is 5.88 Å². The standard InChI is InChI=1S/C22H24ClNO2/c1-26-22-17(15-6-7-15)9-10-20(24-22)18(12-14-4-2-3-5-14)16-8-11-21(25)19(23)13-16/h8-15,25H,2-7H2,1H3/b18-12+. The first-order chi connectivity index (χ1) is 12.7. The highest BCUT2D eigenvalue weighted by Gasteiger charge is 2.28. The van der Waals surface area contributed by atoms with Crippen LogP contribution in [0.3, 0.4) is 0 Å². The number of phenols is 1. The van der Waals surface area contributed by atoms with Crippen molar-refractivity contribution in [2.75, 3.05) is 7.11 Å². The van der Waals surface area contributed by atoms with Gasteiger partial charge in [-0.3, -0.25) is 0 Å². The van der Waals surface area contributed by atoms with Crippen molar-refractivity contribution >= 4 is 17.2 Å². The summed E-state index contributed by atoms with van der Waals surface area (Å²) >= 11 is 6.17. The van der Waals surface area contributed by atoms with Crippen LogP contribution in [0.1, 0.15) is 61.3 Å². The summed E-state index contributed by atoms with van der Waals surface area (Å²) in [5.41, 5.74) is 4.16. The van der Waals surface area contributed by atoms with Gasteiger partial charge in [0, 0.05) is 11.1 Å². The van der Waals surface area contributed by atoms with E-state index in [0.29, 0.717) is 16.9 Å². The summed E-state index contributed by atoms with van der Waals surface area (Å²) in [7, 11) is 1.69. The molecule has 136 valence electrons. The number of ether oxygens (including phenoxy) is 1. The number of phenolic OH excluding ortho intramolecular Hbond substituents is 1. The molecule has 26 heavy (non-hydrogen) atoms. The molecule has 4 heteroatoms. The maximum absolute atomic E-state index is 9.78. The van der Waals surface area contributed by atoms with Crippen molar-refractivity contribution in [3.63, 3.8) is 0 Å². The summed E-state index contributed by atoms with van der Waals surface area (Å²) in [4.78, 5) is 4.83. The summed E-state index contributed by atoms with van der Waals surface area (Å²) in [5, 5.41) is 10.1. The molecule has 4 rings (SSSR count). The Morgan fingerprint density at radius 2 is 1.92 bits per heavy atom. The van der Waals surface area contributed by atoms with E-state index >= 15 is 0 Å². The molecule has 0 radical (unpaired) electrons. The SMILES string of the molecule is COc1nc(/C(=C/C2CCCC2)c2ccc(O)c(Cl)c2)ccc1C1CC1. The molecule has 1 heterocycles. The Kier molecular flexibility index (Phi) is 4.90. The molecule has 3 nitrogen and oxygen atoms in total. The number of allylic oxidation sites excluding steroid dienone is 1. The van der Waals surface area contributed by atoms with Crippen molar-refractivity contribution in [3.05, 3.63) is 58.3 Å². The predicted octanol–water partition coefficient (Wildman–Crippen LogP) is 5.95. The van der Waals surface area contributed by atoms with Gasteiger partial charge >= 0.3 is 0 Å². The number of methoxy groups -OCH3 is 1. The van der Waals surface area contributed by atoms with Crippen molar-refractivity contribution in [3.8, 4) is 11.6 Å². The van der Waals surface area contributed by atoms with Gasteiger partial charge in [0.15, 0.2) is 0 Å². The lowest BCUT2D eigenvalue weighted by atomic mass is 9.95. The molecule has 0 unspecified atom stereocenters. The molecular formula is C22H24ClNO2. The zero-order chi connectivity index (χ0) is 18.1. The summed E-state index contributed by atoms with van der Waals surface area (Å²) in [5.74, 6) is 1.99. The second-order valence-corrected chi connectivity index (χ2v) is 7.77. The van der Waals surface area contributed by atoms with Crippen molar-refractivity contribution in [2.24, 2.45) is 5.92 Å². The monoisotopic (exact) mass is 369 g/mol. The molecular weight excluding hydrogens is 346 g/mol. The quantitative estimate of drug-likeness (QED) is 0.708. The zero-order valence-electron chi connectivity index (χ0n) is 15.0.